The summed E-state index contributed by atoms with van der Waals surface area (Å²) in [5, 5.41) is 3.64. The molecule has 1 heterocycles. The van der Waals surface area contributed by atoms with Crippen molar-refractivity contribution in [2.75, 3.05) is 46.3 Å². The number of rotatable bonds is 7. The third kappa shape index (κ3) is 6.17. The quantitative estimate of drug-likeness (QED) is 0.751. The third-order valence-electron chi connectivity index (χ3n) is 3.82. The summed E-state index contributed by atoms with van der Waals surface area (Å²) in [4.78, 5) is 5.17. The van der Waals surface area contributed by atoms with Gasteiger partial charge in [0.05, 0.1) is 0 Å². The molecule has 0 aromatic carbocycles. The van der Waals surface area contributed by atoms with E-state index in [4.69, 9.17) is 0 Å². The van der Waals surface area contributed by atoms with Crippen LogP contribution in [0.3, 0.4) is 0 Å². The number of nitrogens with zero attached hydrogens (tertiary/aromatic N) is 2. The van der Waals surface area contributed by atoms with E-state index < -0.39 is 0 Å². The summed E-state index contributed by atoms with van der Waals surface area (Å²) in [6.45, 7) is 14.2. The molecule has 3 nitrogen and oxygen atoms in total. The first kappa shape index (κ1) is 15.9. The lowest BCUT2D eigenvalue weighted by molar-refractivity contribution is 0.186. The van der Waals surface area contributed by atoms with Crippen LogP contribution in [-0.4, -0.2) is 62.2 Å². The van der Waals surface area contributed by atoms with Crippen LogP contribution in [0.1, 0.15) is 40.0 Å². The first-order valence-corrected chi connectivity index (χ1v) is 7.76. The molecular formula is C15H33N3. The first-order chi connectivity index (χ1) is 8.63. The Balaban J connectivity index is 2.38. The van der Waals surface area contributed by atoms with Crippen molar-refractivity contribution in [3.05, 3.63) is 0 Å². The van der Waals surface area contributed by atoms with E-state index >= 15 is 0 Å². The average molecular weight is 255 g/mol. The predicted molar refractivity (Wildman–Crippen MR) is 80.1 cm³/mol. The Labute approximate surface area is 114 Å². The number of nitrogens with one attached hydrogen (secondary N) is 1. The minimum atomic E-state index is 0.736. The van der Waals surface area contributed by atoms with Crippen LogP contribution in [0, 0.1) is 5.92 Å². The molecule has 1 saturated heterocycles. The molecule has 1 rings (SSSR count). The van der Waals surface area contributed by atoms with Crippen LogP contribution in [-0.2, 0) is 0 Å². The summed E-state index contributed by atoms with van der Waals surface area (Å²) in [7, 11) is 2.25. The molecule has 0 radical (unpaired) electrons. The maximum absolute atomic E-state index is 3.64. The van der Waals surface area contributed by atoms with Crippen molar-refractivity contribution in [2.24, 2.45) is 5.92 Å². The van der Waals surface area contributed by atoms with E-state index in [-0.39, 0.29) is 0 Å². The van der Waals surface area contributed by atoms with Gasteiger partial charge in [0, 0.05) is 25.7 Å². The van der Waals surface area contributed by atoms with Crippen LogP contribution in [0.25, 0.3) is 0 Å². The lowest BCUT2D eigenvalue weighted by Crippen LogP contribution is -2.44. The molecule has 108 valence electrons. The van der Waals surface area contributed by atoms with E-state index in [9.17, 15) is 0 Å². The van der Waals surface area contributed by atoms with Gasteiger partial charge in [0.25, 0.3) is 0 Å². The second-order valence-electron chi connectivity index (χ2n) is 6.19. The largest absolute Gasteiger partial charge is 0.315 e. The van der Waals surface area contributed by atoms with Gasteiger partial charge in [0.2, 0.25) is 0 Å². The highest BCUT2D eigenvalue weighted by Gasteiger charge is 2.20. The van der Waals surface area contributed by atoms with Gasteiger partial charge in [-0.3, -0.25) is 4.90 Å². The highest BCUT2D eigenvalue weighted by Crippen LogP contribution is 2.10. The standard InChI is InChI=1S/C15H33N3/c1-5-7-15(13-16-12-14(2)3)18-9-6-8-17(4)10-11-18/h14-16H,5-13H2,1-4H3. The Morgan fingerprint density at radius 3 is 2.50 bits per heavy atom. The van der Waals surface area contributed by atoms with Gasteiger partial charge in [-0.1, -0.05) is 27.2 Å². The lowest BCUT2D eigenvalue weighted by Gasteiger charge is -2.31. The summed E-state index contributed by atoms with van der Waals surface area (Å²) < 4.78 is 0. The molecule has 0 aromatic rings. The van der Waals surface area contributed by atoms with Gasteiger partial charge in [-0.25, -0.2) is 0 Å². The molecule has 1 aliphatic heterocycles. The van der Waals surface area contributed by atoms with Crippen molar-refractivity contribution in [1.29, 1.82) is 0 Å². The number of hydrogen-bond donors (Lipinski definition) is 1. The molecule has 0 spiro atoms. The molecule has 1 N–H and O–H groups in total. The zero-order valence-electron chi connectivity index (χ0n) is 12.9. The monoisotopic (exact) mass is 255 g/mol. The van der Waals surface area contributed by atoms with Gasteiger partial charge in [0.15, 0.2) is 0 Å². The summed E-state index contributed by atoms with van der Waals surface area (Å²) >= 11 is 0. The zero-order valence-corrected chi connectivity index (χ0v) is 12.9. The molecule has 1 fully saturated rings. The fourth-order valence-electron chi connectivity index (χ4n) is 2.72. The average Bonchev–Trinajstić information content (AvgIpc) is 2.52. The smallest absolute Gasteiger partial charge is 0.0221 e. The third-order valence-corrected chi connectivity index (χ3v) is 3.82. The Kier molecular flexibility index (Phi) is 7.87. The summed E-state index contributed by atoms with van der Waals surface area (Å²) in [5.74, 6) is 0.752. The van der Waals surface area contributed by atoms with Crippen LogP contribution in [0.2, 0.25) is 0 Å². The van der Waals surface area contributed by atoms with Crippen molar-refractivity contribution in [2.45, 2.75) is 46.1 Å². The Hall–Kier alpha value is -0.120. The molecule has 3 heteroatoms. The van der Waals surface area contributed by atoms with Crippen molar-refractivity contribution in [1.82, 2.24) is 15.1 Å². The molecule has 1 aliphatic rings. The molecule has 18 heavy (non-hydrogen) atoms. The minimum Gasteiger partial charge on any atom is -0.315 e. The van der Waals surface area contributed by atoms with E-state index in [0.717, 1.165) is 25.0 Å². The first-order valence-electron chi connectivity index (χ1n) is 7.76. The van der Waals surface area contributed by atoms with Crippen molar-refractivity contribution < 1.29 is 0 Å². The highest BCUT2D eigenvalue weighted by atomic mass is 15.2. The fourth-order valence-corrected chi connectivity index (χ4v) is 2.72. The summed E-state index contributed by atoms with van der Waals surface area (Å²) in [5.41, 5.74) is 0. The summed E-state index contributed by atoms with van der Waals surface area (Å²) in [6.07, 6.45) is 3.94. The second kappa shape index (κ2) is 8.89. The van der Waals surface area contributed by atoms with Gasteiger partial charge >= 0.3 is 0 Å². The molecule has 1 atom stereocenters. The maximum atomic E-state index is 3.64. The molecule has 0 aromatic heterocycles. The van der Waals surface area contributed by atoms with E-state index in [1.165, 1.54) is 45.4 Å². The topological polar surface area (TPSA) is 18.5 Å². The SMILES string of the molecule is CCCC(CNCC(C)C)N1CCCN(C)CC1. The van der Waals surface area contributed by atoms with Crippen LogP contribution in [0.15, 0.2) is 0 Å². The molecule has 0 amide bonds. The van der Waals surface area contributed by atoms with E-state index in [0.29, 0.717) is 0 Å². The highest BCUT2D eigenvalue weighted by molar-refractivity contribution is 4.77. The van der Waals surface area contributed by atoms with Crippen LogP contribution in [0.4, 0.5) is 0 Å². The molecule has 1 unspecified atom stereocenters. The maximum Gasteiger partial charge on any atom is 0.0221 e. The van der Waals surface area contributed by atoms with Crippen LogP contribution >= 0.6 is 0 Å². The van der Waals surface area contributed by atoms with E-state index in [1.807, 2.05) is 0 Å². The minimum absolute atomic E-state index is 0.736. The van der Waals surface area contributed by atoms with Gasteiger partial charge in [-0.2, -0.15) is 0 Å². The summed E-state index contributed by atoms with van der Waals surface area (Å²) in [6, 6.07) is 0.736. The second-order valence-corrected chi connectivity index (χ2v) is 6.19. The van der Waals surface area contributed by atoms with E-state index in [2.05, 4.69) is 42.9 Å². The molecule has 0 saturated carbocycles. The zero-order chi connectivity index (χ0) is 13.4. The Morgan fingerprint density at radius 2 is 1.83 bits per heavy atom. The van der Waals surface area contributed by atoms with Crippen molar-refractivity contribution in [3.63, 3.8) is 0 Å². The van der Waals surface area contributed by atoms with Crippen molar-refractivity contribution >= 4 is 0 Å². The fraction of sp³-hybridized carbons (Fsp3) is 1.00. The van der Waals surface area contributed by atoms with Crippen LogP contribution < -0.4 is 5.32 Å². The molecular weight excluding hydrogens is 222 g/mol. The van der Waals surface area contributed by atoms with Gasteiger partial charge < -0.3 is 10.2 Å². The number of likely N-dealkylation sites (N-methyl/N-ethyl adjacent to an activating group) is 1. The normalized spacial score (nSPS) is 21.2. The number of hydrogen-bond acceptors (Lipinski definition) is 3. The van der Waals surface area contributed by atoms with Crippen molar-refractivity contribution in [3.8, 4) is 0 Å². The van der Waals surface area contributed by atoms with Gasteiger partial charge in [0.1, 0.15) is 0 Å². The molecule has 0 bridgehead atoms. The lowest BCUT2D eigenvalue weighted by atomic mass is 10.1. The van der Waals surface area contributed by atoms with Crippen LogP contribution in [0.5, 0.6) is 0 Å². The van der Waals surface area contributed by atoms with Gasteiger partial charge in [-0.05, 0) is 45.4 Å². The predicted octanol–water partition coefficient (Wildman–Crippen LogP) is 2.04. The Morgan fingerprint density at radius 1 is 1.06 bits per heavy atom. The Bertz CT molecular complexity index is 206. The molecule has 0 aliphatic carbocycles. The van der Waals surface area contributed by atoms with E-state index in [1.54, 1.807) is 0 Å². The van der Waals surface area contributed by atoms with Gasteiger partial charge in [-0.15, -0.1) is 0 Å².